The minimum absolute atomic E-state index is 0.105. The van der Waals surface area contributed by atoms with Gasteiger partial charge in [-0.25, -0.2) is 4.39 Å². The largest absolute Gasteiger partial charge is 0.486 e. The van der Waals surface area contributed by atoms with E-state index in [1.165, 1.54) is 56.9 Å². The van der Waals surface area contributed by atoms with E-state index >= 15 is 0 Å². The summed E-state index contributed by atoms with van der Waals surface area (Å²) in [6, 6.07) is 1.81. The van der Waals surface area contributed by atoms with E-state index in [1.807, 2.05) is 13.0 Å². The van der Waals surface area contributed by atoms with E-state index in [0.717, 1.165) is 43.4 Å². The molecule has 1 aromatic carbocycles. The lowest BCUT2D eigenvalue weighted by Crippen LogP contribution is -2.23. The van der Waals surface area contributed by atoms with Gasteiger partial charge in [-0.1, -0.05) is 57.9 Å². The van der Waals surface area contributed by atoms with Gasteiger partial charge in [0.05, 0.1) is 0 Å². The number of ether oxygens (including phenoxy) is 1. The Hall–Kier alpha value is -1.38. The van der Waals surface area contributed by atoms with Crippen molar-refractivity contribution in [3.05, 3.63) is 40.5 Å². The van der Waals surface area contributed by atoms with E-state index in [-0.39, 0.29) is 5.75 Å². The summed E-state index contributed by atoms with van der Waals surface area (Å²) in [5, 5.41) is 0. The topological polar surface area (TPSA) is 9.23 Å². The monoisotopic (exact) mass is 430 g/mol. The van der Waals surface area contributed by atoms with Crippen LogP contribution < -0.4 is 4.74 Å². The molecule has 3 heteroatoms. The molecule has 0 heterocycles. The fourth-order valence-corrected chi connectivity index (χ4v) is 6.36. The number of rotatable bonds is 7. The highest BCUT2D eigenvalue weighted by atomic mass is 19.2. The molecule has 0 aliphatic heterocycles. The van der Waals surface area contributed by atoms with Crippen molar-refractivity contribution in [3.8, 4) is 5.75 Å². The molecule has 0 N–H and O–H groups in total. The lowest BCUT2D eigenvalue weighted by molar-refractivity contribution is 0.187. The van der Waals surface area contributed by atoms with Crippen LogP contribution in [0.25, 0.3) is 0 Å². The van der Waals surface area contributed by atoms with Crippen LogP contribution >= 0.6 is 0 Å². The average Bonchev–Trinajstić information content (AvgIpc) is 3.31. The molecule has 1 atom stereocenters. The van der Waals surface area contributed by atoms with Crippen molar-refractivity contribution in [3.63, 3.8) is 0 Å². The Morgan fingerprint density at radius 1 is 0.903 bits per heavy atom. The van der Waals surface area contributed by atoms with E-state index < -0.39 is 11.6 Å². The molecule has 2 fully saturated rings. The van der Waals surface area contributed by atoms with Crippen LogP contribution in [0.3, 0.4) is 0 Å². The summed E-state index contributed by atoms with van der Waals surface area (Å²) < 4.78 is 35.3. The van der Waals surface area contributed by atoms with Crippen molar-refractivity contribution in [1.29, 1.82) is 0 Å². The Balaban J connectivity index is 1.32. The van der Waals surface area contributed by atoms with Crippen LogP contribution in [-0.2, 0) is 6.42 Å². The summed E-state index contributed by atoms with van der Waals surface area (Å²) in [5.41, 5.74) is 2.48. The zero-order valence-corrected chi connectivity index (χ0v) is 19.5. The summed E-state index contributed by atoms with van der Waals surface area (Å²) in [4.78, 5) is 0. The van der Waals surface area contributed by atoms with Gasteiger partial charge in [0.25, 0.3) is 0 Å². The fourth-order valence-electron chi connectivity index (χ4n) is 6.36. The van der Waals surface area contributed by atoms with Crippen molar-refractivity contribution >= 4 is 0 Å². The molecule has 0 aromatic heterocycles. The van der Waals surface area contributed by atoms with Crippen LogP contribution in [0.5, 0.6) is 5.75 Å². The second kappa shape index (κ2) is 10.5. The smallest absolute Gasteiger partial charge is 0.201 e. The lowest BCUT2D eigenvalue weighted by Gasteiger charge is -2.35. The zero-order chi connectivity index (χ0) is 21.8. The Bertz CT molecular complexity index is 770. The molecule has 0 saturated heterocycles. The normalized spacial score (nSPS) is 27.4. The first-order chi connectivity index (χ1) is 15.0. The number of allylic oxidation sites excluding steroid dienone is 1. The molecular formula is C28H40F2O. The van der Waals surface area contributed by atoms with Crippen molar-refractivity contribution in [1.82, 2.24) is 0 Å². The molecule has 1 aromatic rings. The first-order valence-electron chi connectivity index (χ1n) is 12.8. The zero-order valence-electron chi connectivity index (χ0n) is 19.5. The number of hydrogen-bond donors (Lipinski definition) is 0. The van der Waals surface area contributed by atoms with Gasteiger partial charge in [0.15, 0.2) is 11.6 Å². The number of benzene rings is 1. The number of hydrogen-bond acceptors (Lipinski definition) is 1. The summed E-state index contributed by atoms with van der Waals surface area (Å²) in [6.45, 7) is 4.54. The summed E-state index contributed by atoms with van der Waals surface area (Å²) in [5.74, 6) is 1.73. The van der Waals surface area contributed by atoms with Gasteiger partial charge in [-0.05, 0) is 91.9 Å². The van der Waals surface area contributed by atoms with E-state index in [2.05, 4.69) is 13.0 Å². The van der Waals surface area contributed by atoms with Crippen molar-refractivity contribution in [2.75, 3.05) is 6.61 Å². The molecular weight excluding hydrogens is 390 g/mol. The van der Waals surface area contributed by atoms with Gasteiger partial charge in [-0.3, -0.25) is 0 Å². The molecule has 172 valence electrons. The quantitative estimate of drug-likeness (QED) is 0.395. The first kappa shape index (κ1) is 22.8. The fraction of sp³-hybridized carbons (Fsp3) is 0.714. The van der Waals surface area contributed by atoms with E-state index in [1.54, 1.807) is 0 Å². The van der Waals surface area contributed by atoms with E-state index in [9.17, 15) is 8.78 Å². The SMILES string of the molecule is CCC1CCC(C2CC=C(COc3c(C)cc(CC4CCCC4)c(F)c3F)CC2)CC1. The molecule has 0 spiro atoms. The highest BCUT2D eigenvalue weighted by Crippen LogP contribution is 2.40. The minimum atomic E-state index is -0.796. The second-order valence-electron chi connectivity index (χ2n) is 10.5. The third-order valence-electron chi connectivity index (χ3n) is 8.49. The van der Waals surface area contributed by atoms with Crippen molar-refractivity contribution < 1.29 is 13.5 Å². The molecule has 3 aliphatic carbocycles. The Kier molecular flexibility index (Phi) is 7.72. The van der Waals surface area contributed by atoms with Crippen molar-refractivity contribution in [2.45, 2.75) is 97.3 Å². The number of halogens is 2. The molecule has 4 rings (SSSR count). The maximum atomic E-state index is 14.8. The number of aryl methyl sites for hydroxylation is 1. The van der Waals surface area contributed by atoms with Crippen LogP contribution in [0.2, 0.25) is 0 Å². The molecule has 0 amide bonds. The molecule has 1 unspecified atom stereocenters. The highest BCUT2D eigenvalue weighted by molar-refractivity contribution is 5.39. The summed E-state index contributed by atoms with van der Waals surface area (Å²) in [7, 11) is 0. The van der Waals surface area contributed by atoms with Crippen molar-refractivity contribution in [2.24, 2.45) is 23.7 Å². The van der Waals surface area contributed by atoms with Gasteiger partial charge >= 0.3 is 0 Å². The molecule has 0 bridgehead atoms. The van der Waals surface area contributed by atoms with Crippen LogP contribution in [0.1, 0.15) is 95.1 Å². The molecule has 31 heavy (non-hydrogen) atoms. The van der Waals surface area contributed by atoms with E-state index in [4.69, 9.17) is 4.74 Å². The first-order valence-corrected chi connectivity index (χ1v) is 12.8. The predicted molar refractivity (Wildman–Crippen MR) is 123 cm³/mol. The van der Waals surface area contributed by atoms with Crippen LogP contribution in [0.4, 0.5) is 8.78 Å². The van der Waals surface area contributed by atoms with Gasteiger partial charge in [0.2, 0.25) is 5.82 Å². The second-order valence-corrected chi connectivity index (χ2v) is 10.5. The van der Waals surface area contributed by atoms with Gasteiger partial charge in [0.1, 0.15) is 6.61 Å². The van der Waals surface area contributed by atoms with Gasteiger partial charge in [-0.2, -0.15) is 4.39 Å². The standard InChI is InChI=1S/C28H40F2O/c1-3-20-8-12-23(13-9-20)24-14-10-22(11-15-24)18-31-28-19(2)16-25(26(29)27(28)30)17-21-6-4-5-7-21/h10,16,20-21,23-24H,3-9,11-15,17-18H2,1-2H3. The molecule has 3 aliphatic rings. The van der Waals surface area contributed by atoms with E-state index in [0.29, 0.717) is 30.1 Å². The Labute approximate surface area is 187 Å². The Morgan fingerprint density at radius 2 is 1.65 bits per heavy atom. The third kappa shape index (κ3) is 5.52. The average molecular weight is 431 g/mol. The summed E-state index contributed by atoms with van der Waals surface area (Å²) >= 11 is 0. The molecule has 1 nitrogen and oxygen atoms in total. The molecule has 2 saturated carbocycles. The minimum Gasteiger partial charge on any atom is -0.486 e. The van der Waals surface area contributed by atoms with Gasteiger partial charge in [-0.15, -0.1) is 0 Å². The maximum Gasteiger partial charge on any atom is 0.201 e. The van der Waals surface area contributed by atoms with Crippen LogP contribution in [0, 0.1) is 42.2 Å². The van der Waals surface area contributed by atoms with Crippen LogP contribution in [0.15, 0.2) is 17.7 Å². The highest BCUT2D eigenvalue weighted by Gasteiger charge is 2.28. The van der Waals surface area contributed by atoms with Gasteiger partial charge < -0.3 is 4.74 Å². The lowest BCUT2D eigenvalue weighted by atomic mass is 9.71. The molecule has 0 radical (unpaired) electrons. The maximum absolute atomic E-state index is 14.8. The van der Waals surface area contributed by atoms with Crippen LogP contribution in [-0.4, -0.2) is 6.61 Å². The Morgan fingerprint density at radius 3 is 2.29 bits per heavy atom. The van der Waals surface area contributed by atoms with Gasteiger partial charge in [0, 0.05) is 0 Å². The summed E-state index contributed by atoms with van der Waals surface area (Å²) in [6.07, 6.45) is 17.9. The predicted octanol–water partition coefficient (Wildman–Crippen LogP) is 8.33. The third-order valence-corrected chi connectivity index (χ3v) is 8.49.